The molecular weight excluding hydrogens is 150 g/mol. The fraction of sp³-hybridized carbons (Fsp3) is 0.800. The Morgan fingerprint density at radius 2 is 2.17 bits per heavy atom. The average molecular weight is 169 g/mol. The van der Waals surface area contributed by atoms with E-state index in [0.717, 1.165) is 31.8 Å². The fourth-order valence-corrected chi connectivity index (χ4v) is 1.65. The van der Waals surface area contributed by atoms with E-state index in [-0.39, 0.29) is 6.10 Å². The lowest BCUT2D eigenvalue weighted by Crippen LogP contribution is -2.37. The first kappa shape index (κ1) is 9.75. The molecule has 0 aromatic rings. The molecule has 0 aliphatic heterocycles. The highest BCUT2D eigenvalue weighted by molar-refractivity contribution is 4.84. The minimum Gasteiger partial charge on any atom is -0.393 e. The Labute approximate surface area is 74.9 Å². The van der Waals surface area contributed by atoms with Crippen molar-refractivity contribution in [2.24, 2.45) is 5.92 Å². The van der Waals surface area contributed by atoms with E-state index in [0.29, 0.717) is 0 Å². The summed E-state index contributed by atoms with van der Waals surface area (Å²) in [5.74, 6) is 0.732. The van der Waals surface area contributed by atoms with Crippen molar-refractivity contribution in [1.29, 1.82) is 0 Å². The monoisotopic (exact) mass is 169 g/mol. The van der Waals surface area contributed by atoms with Crippen molar-refractivity contribution in [3.8, 4) is 0 Å². The van der Waals surface area contributed by atoms with E-state index in [1.165, 1.54) is 0 Å². The van der Waals surface area contributed by atoms with Gasteiger partial charge in [0, 0.05) is 13.1 Å². The summed E-state index contributed by atoms with van der Waals surface area (Å²) in [7, 11) is 2.13. The van der Waals surface area contributed by atoms with Gasteiger partial charge in [0.1, 0.15) is 0 Å². The molecule has 0 aromatic heterocycles. The van der Waals surface area contributed by atoms with E-state index in [9.17, 15) is 0 Å². The number of rotatable bonds is 4. The van der Waals surface area contributed by atoms with Crippen LogP contribution in [0.4, 0.5) is 0 Å². The largest absolute Gasteiger partial charge is 0.393 e. The normalized spacial score (nSPS) is 29.7. The van der Waals surface area contributed by atoms with Crippen LogP contribution in [0.1, 0.15) is 19.8 Å². The smallest absolute Gasteiger partial charge is 0.0546 e. The van der Waals surface area contributed by atoms with E-state index in [2.05, 4.69) is 24.1 Å². The molecule has 1 N–H and O–H groups in total. The molecule has 0 radical (unpaired) electrons. The van der Waals surface area contributed by atoms with Crippen LogP contribution >= 0.6 is 0 Å². The molecule has 1 aliphatic rings. The van der Waals surface area contributed by atoms with E-state index in [4.69, 9.17) is 5.11 Å². The first-order chi connectivity index (χ1) is 5.72. The van der Waals surface area contributed by atoms with Crippen molar-refractivity contribution >= 4 is 0 Å². The molecule has 1 fully saturated rings. The molecule has 0 bridgehead atoms. The predicted octanol–water partition coefficient (Wildman–Crippen LogP) is 1.27. The number of aliphatic hydroxyl groups excluding tert-OH is 1. The van der Waals surface area contributed by atoms with Gasteiger partial charge in [0.2, 0.25) is 0 Å². The van der Waals surface area contributed by atoms with Crippen LogP contribution in [0.2, 0.25) is 0 Å². The first-order valence-electron chi connectivity index (χ1n) is 4.70. The molecule has 0 spiro atoms. The number of likely N-dealkylation sites (N-methyl/N-ethyl adjacent to an activating group) is 1. The molecular formula is C10H19NO. The van der Waals surface area contributed by atoms with Gasteiger partial charge in [0.05, 0.1) is 6.10 Å². The Hall–Kier alpha value is -0.340. The van der Waals surface area contributed by atoms with Gasteiger partial charge in [-0.15, -0.1) is 0 Å². The third kappa shape index (κ3) is 2.95. The van der Waals surface area contributed by atoms with Crippen molar-refractivity contribution < 1.29 is 5.11 Å². The van der Waals surface area contributed by atoms with Gasteiger partial charge in [-0.2, -0.15) is 0 Å². The van der Waals surface area contributed by atoms with Gasteiger partial charge in [-0.3, -0.25) is 0 Å². The van der Waals surface area contributed by atoms with Crippen molar-refractivity contribution in [2.45, 2.75) is 25.9 Å². The zero-order valence-electron chi connectivity index (χ0n) is 8.03. The maximum absolute atomic E-state index is 9.07. The lowest BCUT2D eigenvalue weighted by molar-refractivity contribution is 0.0298. The van der Waals surface area contributed by atoms with Gasteiger partial charge >= 0.3 is 0 Å². The Morgan fingerprint density at radius 1 is 1.50 bits per heavy atom. The summed E-state index contributed by atoms with van der Waals surface area (Å²) in [4.78, 5) is 2.30. The molecule has 1 aliphatic carbocycles. The van der Waals surface area contributed by atoms with Gasteiger partial charge < -0.3 is 10.0 Å². The summed E-state index contributed by atoms with van der Waals surface area (Å²) in [6, 6.07) is 0. The topological polar surface area (TPSA) is 23.5 Å². The lowest BCUT2D eigenvalue weighted by atomic mass is 9.82. The lowest BCUT2D eigenvalue weighted by Gasteiger charge is -2.34. The third-order valence-corrected chi connectivity index (χ3v) is 2.43. The highest BCUT2D eigenvalue weighted by atomic mass is 16.3. The highest BCUT2D eigenvalue weighted by Crippen LogP contribution is 2.27. The van der Waals surface area contributed by atoms with Crippen LogP contribution in [0.5, 0.6) is 0 Å². The molecule has 0 aromatic carbocycles. The van der Waals surface area contributed by atoms with Crippen LogP contribution in [0.3, 0.4) is 0 Å². The standard InChI is InChI=1S/C10H19NO/c1-3-4-5-11(2)8-9-6-10(12)7-9/h3-4,9-10,12H,5-8H2,1-2H3. The average Bonchev–Trinajstić information content (AvgIpc) is 1.98. The number of hydrogen-bond donors (Lipinski definition) is 1. The van der Waals surface area contributed by atoms with Crippen molar-refractivity contribution in [2.75, 3.05) is 20.1 Å². The molecule has 0 amide bonds. The minimum absolute atomic E-state index is 0.00915. The van der Waals surface area contributed by atoms with E-state index < -0.39 is 0 Å². The minimum atomic E-state index is -0.00915. The number of nitrogens with zero attached hydrogens (tertiary/aromatic N) is 1. The molecule has 0 unspecified atom stereocenters. The van der Waals surface area contributed by atoms with E-state index in [1.807, 2.05) is 6.92 Å². The van der Waals surface area contributed by atoms with Crippen molar-refractivity contribution in [1.82, 2.24) is 4.90 Å². The second-order valence-corrected chi connectivity index (χ2v) is 3.78. The molecule has 1 rings (SSSR count). The Morgan fingerprint density at radius 3 is 2.67 bits per heavy atom. The van der Waals surface area contributed by atoms with Crippen LogP contribution in [0.25, 0.3) is 0 Å². The van der Waals surface area contributed by atoms with Crippen molar-refractivity contribution in [3.63, 3.8) is 0 Å². The maximum atomic E-state index is 9.07. The summed E-state index contributed by atoms with van der Waals surface area (Å²) in [5.41, 5.74) is 0. The van der Waals surface area contributed by atoms with Crippen LogP contribution in [-0.4, -0.2) is 36.2 Å². The maximum Gasteiger partial charge on any atom is 0.0546 e. The second-order valence-electron chi connectivity index (χ2n) is 3.78. The third-order valence-electron chi connectivity index (χ3n) is 2.43. The number of hydrogen-bond acceptors (Lipinski definition) is 2. The molecule has 12 heavy (non-hydrogen) atoms. The summed E-state index contributed by atoms with van der Waals surface area (Å²) >= 11 is 0. The van der Waals surface area contributed by atoms with E-state index in [1.54, 1.807) is 0 Å². The van der Waals surface area contributed by atoms with Crippen LogP contribution in [-0.2, 0) is 0 Å². The SMILES string of the molecule is CC=CCN(C)CC1CC(O)C1. The fourth-order valence-electron chi connectivity index (χ4n) is 1.65. The Bertz CT molecular complexity index is 150. The zero-order valence-corrected chi connectivity index (χ0v) is 8.03. The Kier molecular flexibility index (Phi) is 3.76. The summed E-state index contributed by atoms with van der Waals surface area (Å²) < 4.78 is 0. The predicted molar refractivity (Wildman–Crippen MR) is 51.0 cm³/mol. The first-order valence-corrected chi connectivity index (χ1v) is 4.70. The van der Waals surface area contributed by atoms with Crippen molar-refractivity contribution in [3.05, 3.63) is 12.2 Å². The van der Waals surface area contributed by atoms with Gasteiger partial charge in [-0.1, -0.05) is 12.2 Å². The van der Waals surface area contributed by atoms with Gasteiger partial charge in [0.15, 0.2) is 0 Å². The molecule has 1 saturated carbocycles. The van der Waals surface area contributed by atoms with Gasteiger partial charge in [-0.05, 0) is 32.7 Å². The van der Waals surface area contributed by atoms with Gasteiger partial charge in [-0.25, -0.2) is 0 Å². The van der Waals surface area contributed by atoms with Crippen LogP contribution < -0.4 is 0 Å². The Balaban J connectivity index is 2.06. The molecule has 2 heteroatoms. The quantitative estimate of drug-likeness (QED) is 0.641. The molecule has 0 heterocycles. The highest BCUT2D eigenvalue weighted by Gasteiger charge is 2.27. The zero-order chi connectivity index (χ0) is 8.97. The van der Waals surface area contributed by atoms with E-state index >= 15 is 0 Å². The van der Waals surface area contributed by atoms with Crippen LogP contribution in [0.15, 0.2) is 12.2 Å². The summed E-state index contributed by atoms with van der Waals surface area (Å²) in [6.07, 6.45) is 6.23. The molecule has 0 atom stereocenters. The summed E-state index contributed by atoms with van der Waals surface area (Å²) in [5, 5.41) is 9.07. The summed E-state index contributed by atoms with van der Waals surface area (Å²) in [6.45, 7) is 4.20. The second kappa shape index (κ2) is 4.63. The van der Waals surface area contributed by atoms with Gasteiger partial charge in [0.25, 0.3) is 0 Å². The molecule has 0 saturated heterocycles. The number of aliphatic hydroxyl groups is 1. The number of allylic oxidation sites excluding steroid dienone is 1. The molecule has 2 nitrogen and oxygen atoms in total. The molecule has 70 valence electrons. The van der Waals surface area contributed by atoms with Crippen LogP contribution in [0, 0.1) is 5.92 Å².